The number of halogens is 1. The second-order valence-corrected chi connectivity index (χ2v) is 7.23. The molecular formula is C15H18ClN5O3S. The summed E-state index contributed by atoms with van der Waals surface area (Å²) in [5, 5.41) is 3.80. The van der Waals surface area contributed by atoms with E-state index in [4.69, 9.17) is 4.74 Å². The van der Waals surface area contributed by atoms with E-state index in [0.29, 0.717) is 35.8 Å². The average molecular weight is 384 g/mol. The molecule has 1 N–H and O–H groups in total. The molecule has 0 bridgehead atoms. The fourth-order valence-corrected chi connectivity index (χ4v) is 2.87. The van der Waals surface area contributed by atoms with Gasteiger partial charge in [0.2, 0.25) is 5.95 Å². The van der Waals surface area contributed by atoms with Gasteiger partial charge in [-0.15, -0.1) is 12.4 Å². The lowest BCUT2D eigenvalue weighted by molar-refractivity contribution is 0.210. The molecule has 0 amide bonds. The summed E-state index contributed by atoms with van der Waals surface area (Å²) in [5.41, 5.74) is 0.640. The van der Waals surface area contributed by atoms with E-state index in [1.54, 1.807) is 48.6 Å². The van der Waals surface area contributed by atoms with Gasteiger partial charge in [0.1, 0.15) is 12.1 Å². The lowest BCUT2D eigenvalue weighted by Gasteiger charge is -2.11. The Labute approximate surface area is 151 Å². The summed E-state index contributed by atoms with van der Waals surface area (Å²) in [4.78, 5) is 13.2. The Morgan fingerprint density at radius 2 is 2.08 bits per heavy atom. The zero-order chi connectivity index (χ0) is 17.2. The summed E-state index contributed by atoms with van der Waals surface area (Å²) in [5.74, 6) is 0.998. The minimum absolute atomic E-state index is 0. The van der Waals surface area contributed by atoms with E-state index in [2.05, 4.69) is 20.3 Å². The van der Waals surface area contributed by atoms with Crippen LogP contribution in [-0.4, -0.2) is 54.5 Å². The van der Waals surface area contributed by atoms with E-state index < -0.39 is 9.84 Å². The molecule has 2 aromatic heterocycles. The van der Waals surface area contributed by atoms with Gasteiger partial charge in [0.05, 0.1) is 17.0 Å². The van der Waals surface area contributed by atoms with E-state index in [9.17, 15) is 8.42 Å². The molecule has 0 aliphatic rings. The average Bonchev–Trinajstić information content (AvgIpc) is 3.08. The molecule has 0 atom stereocenters. The van der Waals surface area contributed by atoms with E-state index >= 15 is 0 Å². The summed E-state index contributed by atoms with van der Waals surface area (Å²) >= 11 is 0. The second-order valence-electron chi connectivity index (χ2n) is 5.21. The second kappa shape index (κ2) is 7.77. The van der Waals surface area contributed by atoms with Gasteiger partial charge in [0.15, 0.2) is 9.84 Å². The Bertz CT molecular complexity index is 961. The fraction of sp³-hybridized carbons (Fsp3) is 0.267. The molecule has 0 aliphatic heterocycles. The SMILES string of the molecule is COCCNc1nc(-n2ccnc2)nc2ccc(S(C)(=O)=O)cc12.Cl. The van der Waals surface area contributed by atoms with Crippen molar-refractivity contribution in [2.75, 3.05) is 31.8 Å². The number of anilines is 1. The summed E-state index contributed by atoms with van der Waals surface area (Å²) in [6, 6.07) is 4.80. The van der Waals surface area contributed by atoms with Crippen LogP contribution in [0.25, 0.3) is 16.9 Å². The number of imidazole rings is 1. The quantitative estimate of drug-likeness (QED) is 0.646. The first-order valence-electron chi connectivity index (χ1n) is 7.22. The lowest BCUT2D eigenvalue weighted by Crippen LogP contribution is -2.11. The molecule has 3 aromatic rings. The zero-order valence-corrected chi connectivity index (χ0v) is 15.3. The molecule has 2 heterocycles. The monoisotopic (exact) mass is 383 g/mol. The summed E-state index contributed by atoms with van der Waals surface area (Å²) < 4.78 is 30.3. The molecule has 0 radical (unpaired) electrons. The number of hydrogen-bond donors (Lipinski definition) is 1. The summed E-state index contributed by atoms with van der Waals surface area (Å²) in [7, 11) is -1.70. The van der Waals surface area contributed by atoms with Crippen molar-refractivity contribution in [1.29, 1.82) is 0 Å². The molecule has 134 valence electrons. The maximum Gasteiger partial charge on any atom is 0.237 e. The van der Waals surface area contributed by atoms with Crippen molar-refractivity contribution < 1.29 is 13.2 Å². The maximum absolute atomic E-state index is 11.8. The highest BCUT2D eigenvalue weighted by atomic mass is 35.5. The topological polar surface area (TPSA) is 99.0 Å². The van der Waals surface area contributed by atoms with Crippen molar-refractivity contribution in [1.82, 2.24) is 19.5 Å². The van der Waals surface area contributed by atoms with E-state index in [1.807, 2.05) is 0 Å². The van der Waals surface area contributed by atoms with Gasteiger partial charge >= 0.3 is 0 Å². The molecule has 0 aliphatic carbocycles. The van der Waals surface area contributed by atoms with Gasteiger partial charge < -0.3 is 10.1 Å². The van der Waals surface area contributed by atoms with Crippen LogP contribution >= 0.6 is 12.4 Å². The van der Waals surface area contributed by atoms with Crippen molar-refractivity contribution in [3.8, 4) is 5.95 Å². The van der Waals surface area contributed by atoms with Crippen molar-refractivity contribution in [3.05, 3.63) is 36.9 Å². The van der Waals surface area contributed by atoms with Crippen LogP contribution in [0, 0.1) is 0 Å². The van der Waals surface area contributed by atoms with Crippen LogP contribution < -0.4 is 5.32 Å². The van der Waals surface area contributed by atoms with E-state index in [1.165, 1.54) is 6.26 Å². The van der Waals surface area contributed by atoms with Gasteiger partial charge in [-0.3, -0.25) is 4.57 Å². The molecular weight excluding hydrogens is 366 g/mol. The van der Waals surface area contributed by atoms with Crippen LogP contribution in [-0.2, 0) is 14.6 Å². The zero-order valence-electron chi connectivity index (χ0n) is 13.7. The van der Waals surface area contributed by atoms with Crippen LogP contribution in [0.4, 0.5) is 5.82 Å². The number of fused-ring (bicyclic) bond motifs is 1. The first-order valence-corrected chi connectivity index (χ1v) is 9.11. The molecule has 8 nitrogen and oxygen atoms in total. The number of aromatic nitrogens is 4. The molecule has 0 saturated heterocycles. The molecule has 10 heteroatoms. The lowest BCUT2D eigenvalue weighted by atomic mass is 10.2. The number of benzene rings is 1. The van der Waals surface area contributed by atoms with Crippen molar-refractivity contribution >= 4 is 39.0 Å². The van der Waals surface area contributed by atoms with Gasteiger partial charge in [-0.05, 0) is 18.2 Å². The Balaban J connectivity index is 0.00000225. The summed E-state index contributed by atoms with van der Waals surface area (Å²) in [6.07, 6.45) is 6.15. The van der Waals surface area contributed by atoms with Crippen molar-refractivity contribution in [3.63, 3.8) is 0 Å². The van der Waals surface area contributed by atoms with Gasteiger partial charge in [-0.1, -0.05) is 0 Å². The van der Waals surface area contributed by atoms with Crippen LogP contribution in [0.5, 0.6) is 0 Å². The minimum atomic E-state index is -3.31. The van der Waals surface area contributed by atoms with Crippen LogP contribution in [0.2, 0.25) is 0 Å². The molecule has 0 fully saturated rings. The highest BCUT2D eigenvalue weighted by molar-refractivity contribution is 7.90. The van der Waals surface area contributed by atoms with Crippen molar-refractivity contribution in [2.45, 2.75) is 4.90 Å². The predicted octanol–water partition coefficient (Wildman–Crippen LogP) is 1.70. The standard InChI is InChI=1S/C15H17N5O3S.ClH/c1-23-8-6-17-14-12-9-11(24(2,21)22)3-4-13(12)18-15(19-14)20-7-5-16-10-20;/h3-5,7,9-10H,6,8H2,1-2H3,(H,17,18,19);1H. The molecule has 0 unspecified atom stereocenters. The number of nitrogens with one attached hydrogen (secondary N) is 1. The van der Waals surface area contributed by atoms with Gasteiger partial charge in [0.25, 0.3) is 0 Å². The van der Waals surface area contributed by atoms with Gasteiger partial charge in [-0.25, -0.2) is 18.4 Å². The summed E-state index contributed by atoms with van der Waals surface area (Å²) in [6.45, 7) is 1.03. The predicted molar refractivity (Wildman–Crippen MR) is 97.4 cm³/mol. The highest BCUT2D eigenvalue weighted by Gasteiger charge is 2.13. The smallest absolute Gasteiger partial charge is 0.237 e. The molecule has 0 spiro atoms. The first-order chi connectivity index (χ1) is 11.5. The van der Waals surface area contributed by atoms with Crippen LogP contribution in [0.1, 0.15) is 0 Å². The molecule has 3 rings (SSSR count). The Morgan fingerprint density at radius 1 is 1.28 bits per heavy atom. The van der Waals surface area contributed by atoms with Crippen LogP contribution in [0.3, 0.4) is 0 Å². The fourth-order valence-electron chi connectivity index (χ4n) is 2.23. The molecule has 1 aromatic carbocycles. The maximum atomic E-state index is 11.8. The Hall–Kier alpha value is -2.23. The molecule has 25 heavy (non-hydrogen) atoms. The third-order valence-electron chi connectivity index (χ3n) is 3.42. The first kappa shape index (κ1) is 19.1. The normalized spacial score (nSPS) is 11.3. The van der Waals surface area contributed by atoms with E-state index in [0.717, 1.165) is 0 Å². The van der Waals surface area contributed by atoms with Crippen LogP contribution in [0.15, 0.2) is 41.8 Å². The number of ether oxygens (including phenoxy) is 1. The Morgan fingerprint density at radius 3 is 2.72 bits per heavy atom. The number of methoxy groups -OCH3 is 1. The number of rotatable bonds is 6. The number of nitrogens with zero attached hydrogens (tertiary/aromatic N) is 4. The van der Waals surface area contributed by atoms with Gasteiger partial charge in [0, 0.05) is 37.7 Å². The largest absolute Gasteiger partial charge is 0.383 e. The third-order valence-corrected chi connectivity index (χ3v) is 4.53. The molecule has 0 saturated carbocycles. The van der Waals surface area contributed by atoms with Crippen molar-refractivity contribution in [2.24, 2.45) is 0 Å². The Kier molecular flexibility index (Phi) is 5.93. The minimum Gasteiger partial charge on any atom is -0.383 e. The number of hydrogen-bond acceptors (Lipinski definition) is 7. The third kappa shape index (κ3) is 4.25. The van der Waals surface area contributed by atoms with Gasteiger partial charge in [-0.2, -0.15) is 4.98 Å². The highest BCUT2D eigenvalue weighted by Crippen LogP contribution is 2.24. The van der Waals surface area contributed by atoms with E-state index in [-0.39, 0.29) is 17.3 Å². The number of sulfone groups is 1.